The van der Waals surface area contributed by atoms with E-state index in [9.17, 15) is 4.79 Å². The van der Waals surface area contributed by atoms with Gasteiger partial charge in [-0.2, -0.15) is 0 Å². The number of aryl methyl sites for hydroxylation is 2. The Labute approximate surface area is 115 Å². The molecule has 0 aliphatic carbocycles. The summed E-state index contributed by atoms with van der Waals surface area (Å²) in [4.78, 5) is 12.6. The highest BCUT2D eigenvalue weighted by Crippen LogP contribution is 2.28. The molecular formula is C13H13ClN2OS. The number of nitrogens with one attached hydrogen (secondary N) is 1. The lowest BCUT2D eigenvalue weighted by atomic mass is 10.2. The van der Waals surface area contributed by atoms with Gasteiger partial charge in [0.15, 0.2) is 0 Å². The number of anilines is 2. The van der Waals surface area contributed by atoms with Gasteiger partial charge in [-0.25, -0.2) is 0 Å². The number of hydrogen-bond donors (Lipinski definition) is 2. The molecule has 1 aromatic carbocycles. The van der Waals surface area contributed by atoms with Crippen LogP contribution in [0.1, 0.15) is 20.8 Å². The van der Waals surface area contributed by atoms with Crippen LogP contribution < -0.4 is 11.1 Å². The molecule has 5 heteroatoms. The van der Waals surface area contributed by atoms with Crippen molar-refractivity contribution in [2.24, 2.45) is 0 Å². The number of amides is 1. The summed E-state index contributed by atoms with van der Waals surface area (Å²) in [5, 5.41) is 5.23. The highest BCUT2D eigenvalue weighted by atomic mass is 35.5. The normalized spacial score (nSPS) is 10.4. The number of hydrogen-bond acceptors (Lipinski definition) is 3. The number of nitrogen functional groups attached to an aromatic ring is 1. The molecule has 0 aliphatic heterocycles. The minimum Gasteiger partial charge on any atom is -0.399 e. The average molecular weight is 281 g/mol. The summed E-state index contributed by atoms with van der Waals surface area (Å²) < 4.78 is 0. The van der Waals surface area contributed by atoms with Crippen molar-refractivity contribution in [1.29, 1.82) is 0 Å². The molecule has 3 N–H and O–H groups in total. The number of halogens is 1. The van der Waals surface area contributed by atoms with Crippen LogP contribution in [0.15, 0.2) is 23.6 Å². The second-order valence-electron chi connectivity index (χ2n) is 4.09. The Morgan fingerprint density at radius 1 is 1.33 bits per heavy atom. The average Bonchev–Trinajstić information content (AvgIpc) is 2.64. The molecule has 0 radical (unpaired) electrons. The van der Waals surface area contributed by atoms with Crippen molar-refractivity contribution in [1.82, 2.24) is 0 Å². The fourth-order valence-electron chi connectivity index (χ4n) is 1.59. The van der Waals surface area contributed by atoms with E-state index in [1.165, 1.54) is 11.3 Å². The van der Waals surface area contributed by atoms with Gasteiger partial charge in [0.05, 0.1) is 5.02 Å². The van der Waals surface area contributed by atoms with Crippen molar-refractivity contribution in [3.63, 3.8) is 0 Å². The van der Waals surface area contributed by atoms with Gasteiger partial charge in [-0.15, -0.1) is 11.3 Å². The number of rotatable bonds is 2. The van der Waals surface area contributed by atoms with Gasteiger partial charge in [-0.05, 0) is 48.6 Å². The Morgan fingerprint density at radius 3 is 2.61 bits per heavy atom. The van der Waals surface area contributed by atoms with Crippen LogP contribution in [0.4, 0.5) is 11.4 Å². The second kappa shape index (κ2) is 5.00. The topological polar surface area (TPSA) is 55.1 Å². The van der Waals surface area contributed by atoms with Crippen molar-refractivity contribution >= 4 is 40.2 Å². The number of nitrogens with two attached hydrogens (primary N) is 1. The lowest BCUT2D eigenvalue weighted by molar-refractivity contribution is 0.103. The fraction of sp³-hybridized carbons (Fsp3) is 0.154. The molecule has 1 aromatic heterocycles. The maximum absolute atomic E-state index is 12.1. The van der Waals surface area contributed by atoms with Gasteiger partial charge < -0.3 is 11.1 Å². The monoisotopic (exact) mass is 280 g/mol. The standard InChI is InChI=1S/C13H13ClN2OS/c1-7-5-9(15)3-4-10(7)16-13(17)12-11(14)8(2)6-18-12/h3-6H,15H2,1-2H3,(H,16,17). The van der Waals surface area contributed by atoms with Crippen LogP contribution in [0.3, 0.4) is 0 Å². The summed E-state index contributed by atoms with van der Waals surface area (Å²) in [6.07, 6.45) is 0. The molecule has 2 rings (SSSR count). The first-order valence-corrected chi connectivity index (χ1v) is 6.66. The van der Waals surface area contributed by atoms with Gasteiger partial charge in [-0.3, -0.25) is 4.79 Å². The van der Waals surface area contributed by atoms with Crippen LogP contribution in [0.2, 0.25) is 5.02 Å². The molecule has 0 spiro atoms. The van der Waals surface area contributed by atoms with Crippen LogP contribution in [0, 0.1) is 13.8 Å². The summed E-state index contributed by atoms with van der Waals surface area (Å²) in [5.41, 5.74) is 8.93. The van der Waals surface area contributed by atoms with Crippen molar-refractivity contribution in [2.45, 2.75) is 13.8 Å². The molecule has 0 unspecified atom stereocenters. The Kier molecular flexibility index (Phi) is 3.59. The zero-order valence-corrected chi connectivity index (χ0v) is 11.7. The zero-order chi connectivity index (χ0) is 13.3. The van der Waals surface area contributed by atoms with Crippen LogP contribution >= 0.6 is 22.9 Å². The molecule has 0 aliphatic rings. The Morgan fingerprint density at radius 2 is 2.06 bits per heavy atom. The van der Waals surface area contributed by atoms with Crippen LogP contribution in [0.25, 0.3) is 0 Å². The number of carbonyl (C=O) groups excluding carboxylic acids is 1. The Balaban J connectivity index is 2.24. The highest BCUT2D eigenvalue weighted by Gasteiger charge is 2.15. The maximum Gasteiger partial charge on any atom is 0.267 e. The molecule has 0 fully saturated rings. The molecular weight excluding hydrogens is 268 g/mol. The van der Waals surface area contributed by atoms with Gasteiger partial charge in [0.1, 0.15) is 4.88 Å². The summed E-state index contributed by atoms with van der Waals surface area (Å²) >= 11 is 7.41. The molecule has 0 atom stereocenters. The van der Waals surface area contributed by atoms with E-state index < -0.39 is 0 Å². The van der Waals surface area contributed by atoms with Crippen molar-refractivity contribution in [2.75, 3.05) is 11.1 Å². The van der Waals surface area contributed by atoms with E-state index in [2.05, 4.69) is 5.32 Å². The molecule has 1 heterocycles. The highest BCUT2D eigenvalue weighted by molar-refractivity contribution is 7.13. The van der Waals surface area contributed by atoms with E-state index in [1.807, 2.05) is 25.3 Å². The third kappa shape index (κ3) is 2.49. The molecule has 94 valence electrons. The molecule has 18 heavy (non-hydrogen) atoms. The van der Waals surface area contributed by atoms with Gasteiger partial charge in [0.25, 0.3) is 5.91 Å². The van der Waals surface area contributed by atoms with Gasteiger partial charge in [-0.1, -0.05) is 11.6 Å². The smallest absolute Gasteiger partial charge is 0.267 e. The predicted octanol–water partition coefficient (Wildman–Crippen LogP) is 3.85. The number of carbonyl (C=O) groups is 1. The summed E-state index contributed by atoms with van der Waals surface area (Å²) in [7, 11) is 0. The minimum absolute atomic E-state index is 0.189. The van der Waals surface area contributed by atoms with E-state index in [-0.39, 0.29) is 5.91 Å². The fourth-order valence-corrected chi connectivity index (χ4v) is 2.76. The predicted molar refractivity (Wildman–Crippen MR) is 77.6 cm³/mol. The van der Waals surface area contributed by atoms with E-state index in [1.54, 1.807) is 12.1 Å². The SMILES string of the molecule is Cc1cc(N)ccc1NC(=O)c1scc(C)c1Cl. The van der Waals surface area contributed by atoms with Crippen LogP contribution in [0.5, 0.6) is 0 Å². The molecule has 1 amide bonds. The lowest BCUT2D eigenvalue weighted by Crippen LogP contribution is -2.11. The third-order valence-electron chi connectivity index (χ3n) is 2.60. The van der Waals surface area contributed by atoms with Crippen molar-refractivity contribution < 1.29 is 4.79 Å². The molecule has 3 nitrogen and oxygen atoms in total. The molecule has 0 saturated carbocycles. The first kappa shape index (κ1) is 12.9. The molecule has 0 bridgehead atoms. The lowest BCUT2D eigenvalue weighted by Gasteiger charge is -2.08. The summed E-state index contributed by atoms with van der Waals surface area (Å²) in [6, 6.07) is 5.36. The number of thiophene rings is 1. The van der Waals surface area contributed by atoms with E-state index >= 15 is 0 Å². The largest absolute Gasteiger partial charge is 0.399 e. The first-order valence-electron chi connectivity index (χ1n) is 5.40. The second-order valence-corrected chi connectivity index (χ2v) is 5.35. The molecule has 0 saturated heterocycles. The first-order chi connectivity index (χ1) is 8.49. The van der Waals surface area contributed by atoms with Gasteiger partial charge >= 0.3 is 0 Å². The van der Waals surface area contributed by atoms with Crippen molar-refractivity contribution in [3.8, 4) is 0 Å². The van der Waals surface area contributed by atoms with Crippen LogP contribution in [-0.2, 0) is 0 Å². The number of benzene rings is 1. The minimum atomic E-state index is -0.189. The van der Waals surface area contributed by atoms with Gasteiger partial charge in [0.2, 0.25) is 0 Å². The van der Waals surface area contributed by atoms with E-state index in [0.717, 1.165) is 16.8 Å². The van der Waals surface area contributed by atoms with Crippen molar-refractivity contribution in [3.05, 3.63) is 44.6 Å². The quantitative estimate of drug-likeness (QED) is 0.821. The maximum atomic E-state index is 12.1. The van der Waals surface area contributed by atoms with Gasteiger partial charge in [0, 0.05) is 11.4 Å². The third-order valence-corrected chi connectivity index (χ3v) is 4.30. The molecule has 2 aromatic rings. The van der Waals surface area contributed by atoms with E-state index in [0.29, 0.717) is 15.6 Å². The Hall–Kier alpha value is -1.52. The Bertz CT molecular complexity index is 607. The summed E-state index contributed by atoms with van der Waals surface area (Å²) in [6.45, 7) is 3.78. The van der Waals surface area contributed by atoms with Crippen LogP contribution in [-0.4, -0.2) is 5.91 Å². The summed E-state index contributed by atoms with van der Waals surface area (Å²) in [5.74, 6) is -0.189. The zero-order valence-electron chi connectivity index (χ0n) is 10.1. The van der Waals surface area contributed by atoms with E-state index in [4.69, 9.17) is 17.3 Å².